The molecule has 1 aromatic carbocycles. The summed E-state index contributed by atoms with van der Waals surface area (Å²) < 4.78 is 20.7. The minimum Gasteiger partial charge on any atom is -0.496 e. The summed E-state index contributed by atoms with van der Waals surface area (Å²) in [5, 5.41) is 0. The van der Waals surface area contributed by atoms with Crippen LogP contribution < -0.4 is 19.9 Å². The average Bonchev–Trinajstić information content (AvgIpc) is 2.45. The lowest BCUT2D eigenvalue weighted by atomic mass is 10.0. The van der Waals surface area contributed by atoms with E-state index in [0.717, 1.165) is 0 Å². The standard InChI is InChI=1S/C14H21NO5.ClH/c1-5-20-13(16)8-10(15)14-11(18-3)6-9(17-2)7-12(14)19-4;/h6-7,10H,5,8,15H2,1-4H3;1H/t10-;/m1./s1. The molecule has 0 spiro atoms. The van der Waals surface area contributed by atoms with E-state index in [1.807, 2.05) is 0 Å². The van der Waals surface area contributed by atoms with E-state index in [-0.39, 0.29) is 24.8 Å². The number of esters is 1. The van der Waals surface area contributed by atoms with Gasteiger partial charge in [-0.1, -0.05) is 0 Å². The fraction of sp³-hybridized carbons (Fsp3) is 0.500. The van der Waals surface area contributed by atoms with Gasteiger partial charge in [-0.2, -0.15) is 0 Å². The largest absolute Gasteiger partial charge is 0.496 e. The number of hydrogen-bond acceptors (Lipinski definition) is 6. The zero-order valence-corrected chi connectivity index (χ0v) is 13.5. The molecule has 1 aromatic rings. The molecule has 0 amide bonds. The van der Waals surface area contributed by atoms with Crippen LogP contribution in [0.25, 0.3) is 0 Å². The third-order valence-corrected chi connectivity index (χ3v) is 2.82. The second-order valence-electron chi connectivity index (χ2n) is 4.06. The normalized spacial score (nSPS) is 11.1. The zero-order valence-electron chi connectivity index (χ0n) is 12.7. The van der Waals surface area contributed by atoms with Crippen LogP contribution in [0.4, 0.5) is 0 Å². The SMILES string of the molecule is CCOC(=O)C[C@@H](N)c1c(OC)cc(OC)cc1OC.Cl. The van der Waals surface area contributed by atoms with Gasteiger partial charge in [-0.05, 0) is 6.92 Å². The van der Waals surface area contributed by atoms with Crippen LogP contribution in [0.5, 0.6) is 17.2 Å². The fourth-order valence-corrected chi connectivity index (χ4v) is 1.90. The van der Waals surface area contributed by atoms with Crippen LogP contribution >= 0.6 is 12.4 Å². The Labute approximate surface area is 130 Å². The predicted molar refractivity (Wildman–Crippen MR) is 81.5 cm³/mol. The van der Waals surface area contributed by atoms with Gasteiger partial charge in [-0.15, -0.1) is 12.4 Å². The summed E-state index contributed by atoms with van der Waals surface area (Å²) >= 11 is 0. The Morgan fingerprint density at radius 1 is 1.14 bits per heavy atom. The third kappa shape index (κ3) is 4.99. The Morgan fingerprint density at radius 3 is 2.05 bits per heavy atom. The van der Waals surface area contributed by atoms with Gasteiger partial charge in [0.05, 0.1) is 39.9 Å². The van der Waals surface area contributed by atoms with Crippen molar-refractivity contribution in [3.8, 4) is 17.2 Å². The Bertz CT molecular complexity index is 442. The minimum absolute atomic E-state index is 0. The molecule has 1 atom stereocenters. The lowest BCUT2D eigenvalue weighted by Crippen LogP contribution is -2.18. The summed E-state index contributed by atoms with van der Waals surface area (Å²) in [6, 6.07) is 2.82. The summed E-state index contributed by atoms with van der Waals surface area (Å²) in [7, 11) is 4.59. The predicted octanol–water partition coefficient (Wildman–Crippen LogP) is 2.09. The second kappa shape index (κ2) is 9.31. The van der Waals surface area contributed by atoms with Gasteiger partial charge in [0, 0.05) is 18.2 Å². The van der Waals surface area contributed by atoms with Crippen molar-refractivity contribution in [2.24, 2.45) is 5.73 Å². The second-order valence-corrected chi connectivity index (χ2v) is 4.06. The van der Waals surface area contributed by atoms with Crippen molar-refractivity contribution in [3.05, 3.63) is 17.7 Å². The molecule has 0 unspecified atom stereocenters. The highest BCUT2D eigenvalue weighted by Gasteiger charge is 2.22. The van der Waals surface area contributed by atoms with Crippen molar-refractivity contribution in [3.63, 3.8) is 0 Å². The van der Waals surface area contributed by atoms with Gasteiger partial charge in [0.15, 0.2) is 0 Å². The van der Waals surface area contributed by atoms with E-state index in [1.165, 1.54) is 14.2 Å². The third-order valence-electron chi connectivity index (χ3n) is 2.82. The number of methoxy groups -OCH3 is 3. The molecule has 0 aliphatic rings. The van der Waals surface area contributed by atoms with Crippen LogP contribution in [0.15, 0.2) is 12.1 Å². The number of halogens is 1. The lowest BCUT2D eigenvalue weighted by Gasteiger charge is -2.19. The van der Waals surface area contributed by atoms with Gasteiger partial charge < -0.3 is 24.7 Å². The van der Waals surface area contributed by atoms with Gasteiger partial charge in [0.25, 0.3) is 0 Å². The number of rotatable bonds is 7. The van der Waals surface area contributed by atoms with Crippen LogP contribution in [-0.4, -0.2) is 33.9 Å². The molecule has 0 saturated carbocycles. The number of hydrogen-bond donors (Lipinski definition) is 1. The highest BCUT2D eigenvalue weighted by molar-refractivity contribution is 5.85. The van der Waals surface area contributed by atoms with Crippen molar-refractivity contribution in [1.29, 1.82) is 0 Å². The summed E-state index contributed by atoms with van der Waals surface area (Å²) in [5.74, 6) is 1.25. The zero-order chi connectivity index (χ0) is 15.1. The van der Waals surface area contributed by atoms with E-state index < -0.39 is 6.04 Å². The highest BCUT2D eigenvalue weighted by atomic mass is 35.5. The molecule has 0 aliphatic carbocycles. The lowest BCUT2D eigenvalue weighted by molar-refractivity contribution is -0.143. The molecule has 0 heterocycles. The fourth-order valence-electron chi connectivity index (χ4n) is 1.90. The molecule has 6 nitrogen and oxygen atoms in total. The highest BCUT2D eigenvalue weighted by Crippen LogP contribution is 2.38. The molecule has 0 bridgehead atoms. The molecular formula is C14H22ClNO5. The number of carbonyl (C=O) groups is 1. The van der Waals surface area contributed by atoms with E-state index in [9.17, 15) is 4.79 Å². The van der Waals surface area contributed by atoms with E-state index in [2.05, 4.69) is 0 Å². The summed E-state index contributed by atoms with van der Waals surface area (Å²) in [4.78, 5) is 11.5. The van der Waals surface area contributed by atoms with E-state index in [4.69, 9.17) is 24.7 Å². The van der Waals surface area contributed by atoms with Gasteiger partial charge >= 0.3 is 5.97 Å². The smallest absolute Gasteiger partial charge is 0.307 e. The van der Waals surface area contributed by atoms with Crippen molar-refractivity contribution in [2.45, 2.75) is 19.4 Å². The Hall–Kier alpha value is -1.66. The average molecular weight is 320 g/mol. The topological polar surface area (TPSA) is 80.0 Å². The molecule has 21 heavy (non-hydrogen) atoms. The van der Waals surface area contributed by atoms with Crippen molar-refractivity contribution < 1.29 is 23.7 Å². The van der Waals surface area contributed by atoms with Crippen LogP contribution in [0.2, 0.25) is 0 Å². The van der Waals surface area contributed by atoms with Crippen LogP contribution in [0.3, 0.4) is 0 Å². The van der Waals surface area contributed by atoms with Gasteiger partial charge in [-0.3, -0.25) is 4.79 Å². The summed E-state index contributed by atoms with van der Waals surface area (Å²) in [6.45, 7) is 2.07. The number of carbonyl (C=O) groups excluding carboxylic acids is 1. The molecule has 120 valence electrons. The van der Waals surface area contributed by atoms with Crippen LogP contribution in [-0.2, 0) is 9.53 Å². The first-order valence-corrected chi connectivity index (χ1v) is 6.28. The molecule has 0 radical (unpaired) electrons. The first kappa shape index (κ1) is 19.3. The van der Waals surface area contributed by atoms with Crippen molar-refractivity contribution in [1.82, 2.24) is 0 Å². The van der Waals surface area contributed by atoms with Crippen molar-refractivity contribution >= 4 is 18.4 Å². The Balaban J connectivity index is 0.00000400. The molecule has 7 heteroatoms. The van der Waals surface area contributed by atoms with Gasteiger partial charge in [0.1, 0.15) is 17.2 Å². The van der Waals surface area contributed by atoms with Crippen molar-refractivity contribution in [2.75, 3.05) is 27.9 Å². The maximum atomic E-state index is 11.5. The molecule has 0 aromatic heterocycles. The number of benzene rings is 1. The summed E-state index contributed by atoms with van der Waals surface area (Å²) in [6.07, 6.45) is 0.0485. The maximum absolute atomic E-state index is 11.5. The Morgan fingerprint density at radius 2 is 1.67 bits per heavy atom. The first-order chi connectivity index (χ1) is 9.57. The molecule has 0 aliphatic heterocycles. The molecule has 2 N–H and O–H groups in total. The van der Waals surface area contributed by atoms with Gasteiger partial charge in [-0.25, -0.2) is 0 Å². The maximum Gasteiger partial charge on any atom is 0.307 e. The molecule has 0 fully saturated rings. The first-order valence-electron chi connectivity index (χ1n) is 6.28. The quantitative estimate of drug-likeness (QED) is 0.775. The van der Waals surface area contributed by atoms with E-state index in [1.54, 1.807) is 26.2 Å². The monoisotopic (exact) mass is 319 g/mol. The van der Waals surface area contributed by atoms with E-state index >= 15 is 0 Å². The molecule has 0 saturated heterocycles. The Kier molecular flexibility index (Phi) is 8.57. The number of nitrogens with two attached hydrogens (primary N) is 1. The number of ether oxygens (including phenoxy) is 4. The van der Waals surface area contributed by atoms with E-state index in [0.29, 0.717) is 29.4 Å². The van der Waals surface area contributed by atoms with Crippen LogP contribution in [0.1, 0.15) is 24.9 Å². The van der Waals surface area contributed by atoms with Gasteiger partial charge in [0.2, 0.25) is 0 Å². The summed E-state index contributed by atoms with van der Waals surface area (Å²) in [5.41, 5.74) is 6.68. The minimum atomic E-state index is -0.579. The molecule has 1 rings (SSSR count). The molecular weight excluding hydrogens is 298 g/mol. The van der Waals surface area contributed by atoms with Crippen LogP contribution in [0, 0.1) is 0 Å².